The van der Waals surface area contributed by atoms with E-state index in [4.69, 9.17) is 4.74 Å². The number of thiazole rings is 1. The van der Waals surface area contributed by atoms with Gasteiger partial charge >= 0.3 is 0 Å². The predicted octanol–water partition coefficient (Wildman–Crippen LogP) is 4.82. The second-order valence-corrected chi connectivity index (χ2v) is 8.33. The highest BCUT2D eigenvalue weighted by Gasteiger charge is 2.32. The minimum absolute atomic E-state index is 0.0346. The third-order valence-electron chi connectivity index (χ3n) is 5.42. The largest absolute Gasteiger partial charge is 0.508 e. The summed E-state index contributed by atoms with van der Waals surface area (Å²) < 4.78 is 5.27. The summed E-state index contributed by atoms with van der Waals surface area (Å²) in [5.74, 6) is 0.796. The van der Waals surface area contributed by atoms with E-state index < -0.39 is 0 Å². The van der Waals surface area contributed by atoms with Gasteiger partial charge in [-0.2, -0.15) is 0 Å². The Morgan fingerprint density at radius 3 is 2.76 bits per heavy atom. The number of fused-ring (bicyclic) bond motifs is 1. The monoisotopic (exact) mass is 408 g/mol. The molecular formula is C23H24N2O3S. The zero-order valence-electron chi connectivity index (χ0n) is 16.6. The highest BCUT2D eigenvalue weighted by atomic mass is 32.1. The Hall–Kier alpha value is -2.86. The minimum atomic E-state index is -0.271. The van der Waals surface area contributed by atoms with Gasteiger partial charge < -0.3 is 14.7 Å². The van der Waals surface area contributed by atoms with Crippen molar-refractivity contribution in [3.63, 3.8) is 0 Å². The summed E-state index contributed by atoms with van der Waals surface area (Å²) >= 11 is 1.58. The van der Waals surface area contributed by atoms with Gasteiger partial charge in [0, 0.05) is 11.1 Å². The molecule has 1 unspecified atom stereocenters. The fourth-order valence-corrected chi connectivity index (χ4v) is 4.58. The number of aromatic nitrogens is 1. The first-order valence-electron chi connectivity index (χ1n) is 9.74. The quantitative estimate of drug-likeness (QED) is 0.657. The standard InChI is InChI=1S/C23H24N2O3S/c1-15-24-16(14-29-15)13-25(17-9-11-18(28-2)12-10-17)23(27)21-7-3-6-20-19(21)5-4-8-22(20)26/h4-5,8-12,14,21,26H,3,6-7,13H2,1-2H3. The highest BCUT2D eigenvalue weighted by molar-refractivity contribution is 7.09. The molecule has 1 N–H and O–H groups in total. The zero-order chi connectivity index (χ0) is 20.4. The fraction of sp³-hybridized carbons (Fsp3) is 0.304. The van der Waals surface area contributed by atoms with E-state index in [9.17, 15) is 9.90 Å². The lowest BCUT2D eigenvalue weighted by atomic mass is 9.81. The number of amides is 1. The van der Waals surface area contributed by atoms with E-state index in [1.54, 1.807) is 29.4 Å². The number of rotatable bonds is 5. The van der Waals surface area contributed by atoms with Crippen molar-refractivity contribution in [3.8, 4) is 11.5 Å². The summed E-state index contributed by atoms with van der Waals surface area (Å²) in [5.41, 5.74) is 3.53. The van der Waals surface area contributed by atoms with Crippen molar-refractivity contribution in [2.24, 2.45) is 0 Å². The first-order chi connectivity index (χ1) is 14.1. The van der Waals surface area contributed by atoms with Gasteiger partial charge in [-0.3, -0.25) is 4.79 Å². The minimum Gasteiger partial charge on any atom is -0.508 e. The number of phenols is 1. The van der Waals surface area contributed by atoms with Crippen molar-refractivity contribution < 1.29 is 14.6 Å². The van der Waals surface area contributed by atoms with Crippen molar-refractivity contribution in [2.45, 2.75) is 38.6 Å². The summed E-state index contributed by atoms with van der Waals surface area (Å²) in [6.07, 6.45) is 2.46. The van der Waals surface area contributed by atoms with Gasteiger partial charge in [-0.25, -0.2) is 4.98 Å². The number of hydrogen-bond acceptors (Lipinski definition) is 5. The predicted molar refractivity (Wildman–Crippen MR) is 115 cm³/mol. The van der Waals surface area contributed by atoms with Crippen LogP contribution < -0.4 is 9.64 Å². The number of anilines is 1. The number of methoxy groups -OCH3 is 1. The van der Waals surface area contributed by atoms with Crippen LogP contribution in [0.15, 0.2) is 47.8 Å². The molecule has 1 heterocycles. The van der Waals surface area contributed by atoms with Gasteiger partial charge in [0.05, 0.1) is 30.3 Å². The number of carbonyl (C=O) groups excluding carboxylic acids is 1. The first kappa shape index (κ1) is 19.5. The van der Waals surface area contributed by atoms with E-state index in [-0.39, 0.29) is 17.6 Å². The average molecular weight is 409 g/mol. The number of ether oxygens (including phenoxy) is 1. The van der Waals surface area contributed by atoms with Gasteiger partial charge in [0.1, 0.15) is 11.5 Å². The number of hydrogen-bond donors (Lipinski definition) is 1. The van der Waals surface area contributed by atoms with E-state index in [1.807, 2.05) is 48.7 Å². The maximum Gasteiger partial charge on any atom is 0.234 e. The second kappa shape index (κ2) is 8.25. The SMILES string of the molecule is COc1ccc(N(Cc2csc(C)n2)C(=O)C2CCCc3c(O)cccc32)cc1. The summed E-state index contributed by atoms with van der Waals surface area (Å²) in [6, 6.07) is 13.0. The molecule has 0 saturated heterocycles. The molecule has 4 rings (SSSR count). The lowest BCUT2D eigenvalue weighted by Gasteiger charge is -2.31. The van der Waals surface area contributed by atoms with Crippen LogP contribution >= 0.6 is 11.3 Å². The third-order valence-corrected chi connectivity index (χ3v) is 6.24. The van der Waals surface area contributed by atoms with Crippen LogP contribution in [0.4, 0.5) is 5.69 Å². The van der Waals surface area contributed by atoms with E-state index in [2.05, 4.69) is 4.98 Å². The Bertz CT molecular complexity index is 1010. The average Bonchev–Trinajstić information content (AvgIpc) is 3.16. The zero-order valence-corrected chi connectivity index (χ0v) is 17.4. The van der Waals surface area contributed by atoms with Crippen LogP contribution in [-0.2, 0) is 17.8 Å². The van der Waals surface area contributed by atoms with E-state index >= 15 is 0 Å². The Kier molecular flexibility index (Phi) is 5.53. The van der Waals surface area contributed by atoms with Gasteiger partial charge in [-0.05, 0) is 67.6 Å². The highest BCUT2D eigenvalue weighted by Crippen LogP contribution is 2.38. The summed E-state index contributed by atoms with van der Waals surface area (Å²) in [4.78, 5) is 20.1. The van der Waals surface area contributed by atoms with Gasteiger partial charge in [0.15, 0.2) is 0 Å². The van der Waals surface area contributed by atoms with Crippen molar-refractivity contribution in [1.29, 1.82) is 0 Å². The summed E-state index contributed by atoms with van der Waals surface area (Å²) in [7, 11) is 1.63. The molecule has 150 valence electrons. The summed E-state index contributed by atoms with van der Waals surface area (Å²) in [5, 5.41) is 13.2. The van der Waals surface area contributed by atoms with Crippen LogP contribution in [-0.4, -0.2) is 23.1 Å². The number of aryl methyl sites for hydroxylation is 1. The fourth-order valence-electron chi connectivity index (χ4n) is 3.98. The van der Waals surface area contributed by atoms with Crippen LogP contribution in [0.3, 0.4) is 0 Å². The molecule has 1 aliphatic rings. The normalized spacial score (nSPS) is 15.6. The number of carbonyl (C=O) groups is 1. The Balaban J connectivity index is 1.70. The maximum atomic E-state index is 13.7. The molecule has 5 nitrogen and oxygen atoms in total. The second-order valence-electron chi connectivity index (χ2n) is 7.27. The molecule has 1 aromatic heterocycles. The van der Waals surface area contributed by atoms with E-state index in [0.717, 1.165) is 52.5 Å². The molecule has 29 heavy (non-hydrogen) atoms. The van der Waals surface area contributed by atoms with Crippen LogP contribution in [0.25, 0.3) is 0 Å². The molecule has 0 radical (unpaired) electrons. The molecule has 0 fully saturated rings. The maximum absolute atomic E-state index is 13.7. The lowest BCUT2D eigenvalue weighted by molar-refractivity contribution is -0.120. The van der Waals surface area contributed by atoms with E-state index in [0.29, 0.717) is 6.54 Å². The van der Waals surface area contributed by atoms with Crippen molar-refractivity contribution >= 4 is 22.9 Å². The molecular weight excluding hydrogens is 384 g/mol. The van der Waals surface area contributed by atoms with Crippen molar-refractivity contribution in [2.75, 3.05) is 12.0 Å². The number of phenolic OH excluding ortho intramolecular Hbond substituents is 1. The third kappa shape index (κ3) is 3.98. The molecule has 2 aromatic carbocycles. The van der Waals surface area contributed by atoms with Gasteiger partial charge in [0.25, 0.3) is 0 Å². The van der Waals surface area contributed by atoms with Crippen molar-refractivity contribution in [3.05, 3.63) is 69.7 Å². The molecule has 3 aromatic rings. The van der Waals surface area contributed by atoms with Gasteiger partial charge in [0.2, 0.25) is 5.91 Å². The van der Waals surface area contributed by atoms with Gasteiger partial charge in [-0.1, -0.05) is 12.1 Å². The first-order valence-corrected chi connectivity index (χ1v) is 10.6. The molecule has 0 saturated carbocycles. The van der Waals surface area contributed by atoms with Crippen LogP contribution in [0.2, 0.25) is 0 Å². The smallest absolute Gasteiger partial charge is 0.234 e. The molecule has 0 spiro atoms. The molecule has 1 amide bonds. The Labute approximate surface area is 174 Å². The van der Waals surface area contributed by atoms with Gasteiger partial charge in [-0.15, -0.1) is 11.3 Å². The van der Waals surface area contributed by atoms with Crippen molar-refractivity contribution in [1.82, 2.24) is 4.98 Å². The molecule has 1 atom stereocenters. The molecule has 0 bridgehead atoms. The number of nitrogens with zero attached hydrogens (tertiary/aromatic N) is 2. The number of benzene rings is 2. The Morgan fingerprint density at radius 2 is 2.07 bits per heavy atom. The molecule has 0 aliphatic heterocycles. The number of aromatic hydroxyl groups is 1. The molecule has 6 heteroatoms. The van der Waals surface area contributed by atoms with E-state index in [1.165, 1.54) is 0 Å². The topological polar surface area (TPSA) is 62.7 Å². The van der Waals surface area contributed by atoms with Crippen LogP contribution in [0, 0.1) is 6.92 Å². The summed E-state index contributed by atoms with van der Waals surface area (Å²) in [6.45, 7) is 2.38. The van der Waals surface area contributed by atoms with Crippen LogP contribution in [0.1, 0.15) is 40.6 Å². The van der Waals surface area contributed by atoms with Crippen LogP contribution in [0.5, 0.6) is 11.5 Å². The molecule has 1 aliphatic carbocycles. The lowest BCUT2D eigenvalue weighted by Crippen LogP contribution is -2.36. The Morgan fingerprint density at radius 1 is 1.28 bits per heavy atom.